The van der Waals surface area contributed by atoms with Gasteiger partial charge in [-0.1, -0.05) is 29.8 Å². The van der Waals surface area contributed by atoms with E-state index in [1.165, 1.54) is 25.1 Å². The Morgan fingerprint density at radius 2 is 1.88 bits per heavy atom. The molecule has 0 bridgehead atoms. The fourth-order valence-corrected chi connectivity index (χ4v) is 3.79. The number of nitrogens with zero attached hydrogens (tertiary/aromatic N) is 1. The number of hydrogen-bond donors (Lipinski definition) is 2. The summed E-state index contributed by atoms with van der Waals surface area (Å²) in [7, 11) is -4.46. The van der Waals surface area contributed by atoms with E-state index in [1.54, 1.807) is 24.3 Å². The van der Waals surface area contributed by atoms with Gasteiger partial charge in [0.1, 0.15) is 10.7 Å². The van der Waals surface area contributed by atoms with Crippen molar-refractivity contribution < 1.29 is 21.6 Å². The van der Waals surface area contributed by atoms with Gasteiger partial charge >= 0.3 is 0 Å². The molecular formula is C15H14ClFN2O4S2. The van der Waals surface area contributed by atoms with Crippen molar-refractivity contribution in [3.8, 4) is 0 Å². The Labute approximate surface area is 152 Å². The topological polar surface area (TPSA) is 101 Å². The van der Waals surface area contributed by atoms with Crippen molar-refractivity contribution in [2.24, 2.45) is 5.14 Å². The van der Waals surface area contributed by atoms with Crippen LogP contribution in [0.15, 0.2) is 53.1 Å². The molecule has 1 unspecified atom stereocenters. The molecular weight excluding hydrogens is 391 g/mol. The molecule has 0 fully saturated rings. The van der Waals surface area contributed by atoms with Crippen molar-refractivity contribution in [1.29, 1.82) is 0 Å². The Morgan fingerprint density at radius 1 is 1.28 bits per heavy atom. The molecule has 0 saturated carbocycles. The number of rotatable bonds is 5. The van der Waals surface area contributed by atoms with Gasteiger partial charge < -0.3 is 0 Å². The zero-order valence-electron chi connectivity index (χ0n) is 12.9. The van der Waals surface area contributed by atoms with E-state index in [9.17, 15) is 21.6 Å². The minimum atomic E-state index is -4.46. The van der Waals surface area contributed by atoms with Crippen molar-refractivity contribution >= 4 is 44.7 Å². The van der Waals surface area contributed by atoms with Crippen LogP contribution in [-0.2, 0) is 21.3 Å². The van der Waals surface area contributed by atoms with Crippen molar-refractivity contribution in [1.82, 2.24) is 0 Å². The molecule has 6 nitrogen and oxygen atoms in total. The number of primary sulfonamides is 1. The average Bonchev–Trinajstić information content (AvgIpc) is 2.48. The van der Waals surface area contributed by atoms with Crippen LogP contribution in [0.25, 0.3) is 6.08 Å². The first kappa shape index (κ1) is 19.5. The molecule has 1 atom stereocenters. The lowest BCUT2D eigenvalue weighted by atomic mass is 10.2. The molecule has 2 aromatic rings. The van der Waals surface area contributed by atoms with Crippen LogP contribution in [0.2, 0.25) is 5.02 Å². The second kappa shape index (κ2) is 7.63. The van der Waals surface area contributed by atoms with E-state index in [-0.39, 0.29) is 11.4 Å². The Balaban J connectivity index is 2.62. The predicted molar refractivity (Wildman–Crippen MR) is 96.1 cm³/mol. The molecule has 25 heavy (non-hydrogen) atoms. The molecule has 0 aliphatic heterocycles. The van der Waals surface area contributed by atoms with Crippen LogP contribution in [0.5, 0.6) is 0 Å². The van der Waals surface area contributed by atoms with E-state index in [0.717, 1.165) is 10.4 Å². The van der Waals surface area contributed by atoms with E-state index in [1.807, 2.05) is 0 Å². The summed E-state index contributed by atoms with van der Waals surface area (Å²) in [6, 6.07) is 9.88. The van der Waals surface area contributed by atoms with Crippen LogP contribution in [-0.4, -0.2) is 17.2 Å². The number of hydrogen-bond acceptors (Lipinski definition) is 3. The molecule has 0 aliphatic rings. The molecule has 134 valence electrons. The SMILES string of the molecule is C/C(=C/c1ccc(Cl)cc1)N(c1cccc(F)c1S(N)(=O)=O)S(=O)O. The van der Waals surface area contributed by atoms with Crippen LogP contribution in [0.4, 0.5) is 10.1 Å². The molecule has 0 radical (unpaired) electrons. The highest BCUT2D eigenvalue weighted by Gasteiger charge is 2.26. The monoisotopic (exact) mass is 404 g/mol. The van der Waals surface area contributed by atoms with Crippen LogP contribution in [0.1, 0.15) is 12.5 Å². The Bertz CT molecular complexity index is 947. The van der Waals surface area contributed by atoms with Gasteiger partial charge in [-0.05, 0) is 42.8 Å². The first-order chi connectivity index (χ1) is 11.6. The Morgan fingerprint density at radius 3 is 2.40 bits per heavy atom. The lowest BCUT2D eigenvalue weighted by Gasteiger charge is -2.23. The van der Waals surface area contributed by atoms with Crippen molar-refractivity contribution in [3.63, 3.8) is 0 Å². The van der Waals surface area contributed by atoms with Crippen LogP contribution >= 0.6 is 11.6 Å². The molecule has 0 heterocycles. The molecule has 2 rings (SSSR count). The first-order valence-corrected chi connectivity index (χ1v) is 9.76. The van der Waals surface area contributed by atoms with Gasteiger partial charge in [-0.15, -0.1) is 0 Å². The lowest BCUT2D eigenvalue weighted by Crippen LogP contribution is -2.27. The van der Waals surface area contributed by atoms with Gasteiger partial charge in [0.25, 0.3) is 11.3 Å². The largest absolute Gasteiger partial charge is 0.289 e. The summed E-state index contributed by atoms with van der Waals surface area (Å²) in [5.41, 5.74) is 0.496. The van der Waals surface area contributed by atoms with Crippen LogP contribution < -0.4 is 9.44 Å². The zero-order chi connectivity index (χ0) is 18.8. The molecule has 0 amide bonds. The smallest absolute Gasteiger partial charge is 0.266 e. The number of halogens is 2. The standard InChI is InChI=1S/C15H14ClFN2O4S2/c1-10(9-11-5-7-12(16)8-6-11)19(24(20)21)14-4-2-3-13(17)15(14)25(18,22)23/h2-9H,1H3,(H,20,21)(H2,18,22,23)/b10-9-. The summed E-state index contributed by atoms with van der Waals surface area (Å²) in [5.74, 6) is -1.12. The highest BCUT2D eigenvalue weighted by Crippen LogP contribution is 2.31. The van der Waals surface area contributed by atoms with Gasteiger partial charge in [0, 0.05) is 10.7 Å². The highest BCUT2D eigenvalue weighted by molar-refractivity contribution is 7.89. The molecule has 0 aromatic heterocycles. The molecule has 10 heteroatoms. The minimum absolute atomic E-state index is 0.193. The number of nitrogens with two attached hydrogens (primary N) is 1. The maximum atomic E-state index is 14.0. The third kappa shape index (κ3) is 4.65. The summed E-state index contributed by atoms with van der Waals surface area (Å²) in [5, 5.41) is 5.57. The molecule has 0 spiro atoms. The van der Waals surface area contributed by atoms with E-state index in [2.05, 4.69) is 0 Å². The van der Waals surface area contributed by atoms with Gasteiger partial charge in [-0.2, -0.15) is 0 Å². The van der Waals surface area contributed by atoms with E-state index >= 15 is 0 Å². The predicted octanol–water partition coefficient (Wildman–Crippen LogP) is 3.13. The third-order valence-corrected chi connectivity index (χ3v) is 5.19. The quantitative estimate of drug-likeness (QED) is 0.747. The van der Waals surface area contributed by atoms with Crippen LogP contribution in [0, 0.1) is 5.82 Å². The normalized spacial score (nSPS) is 13.6. The Kier molecular flexibility index (Phi) is 5.96. The van der Waals surface area contributed by atoms with Crippen molar-refractivity contribution in [3.05, 3.63) is 64.6 Å². The number of anilines is 1. The number of allylic oxidation sites excluding steroid dienone is 1. The number of sulfonamides is 1. The van der Waals surface area contributed by atoms with Gasteiger partial charge in [0.05, 0.1) is 5.69 Å². The minimum Gasteiger partial charge on any atom is -0.289 e. The average molecular weight is 405 g/mol. The zero-order valence-corrected chi connectivity index (χ0v) is 15.3. The maximum absolute atomic E-state index is 14.0. The van der Waals surface area contributed by atoms with Gasteiger partial charge in [-0.25, -0.2) is 26.5 Å². The summed E-state index contributed by atoms with van der Waals surface area (Å²) in [4.78, 5) is -0.860. The fourth-order valence-electron chi connectivity index (χ4n) is 2.20. The second-order valence-electron chi connectivity index (χ2n) is 5.00. The number of benzene rings is 2. The highest BCUT2D eigenvalue weighted by atomic mass is 35.5. The third-order valence-electron chi connectivity index (χ3n) is 3.17. The fraction of sp³-hybridized carbons (Fsp3) is 0.0667. The first-order valence-electron chi connectivity index (χ1n) is 6.77. The molecule has 0 saturated heterocycles. The van der Waals surface area contributed by atoms with Crippen molar-refractivity contribution in [2.75, 3.05) is 4.31 Å². The summed E-state index contributed by atoms with van der Waals surface area (Å²) in [6.07, 6.45) is 1.52. The lowest BCUT2D eigenvalue weighted by molar-refractivity contribution is 0.559. The van der Waals surface area contributed by atoms with Crippen molar-refractivity contribution in [2.45, 2.75) is 11.8 Å². The van der Waals surface area contributed by atoms with Gasteiger partial charge in [0.15, 0.2) is 0 Å². The van der Waals surface area contributed by atoms with E-state index in [4.69, 9.17) is 16.7 Å². The molecule has 3 N–H and O–H groups in total. The van der Waals surface area contributed by atoms with E-state index < -0.39 is 32.0 Å². The Hall–Kier alpha value is -1.78. The van der Waals surface area contributed by atoms with Gasteiger partial charge in [-0.3, -0.25) is 4.55 Å². The second-order valence-corrected chi connectivity index (χ2v) is 7.76. The van der Waals surface area contributed by atoms with Crippen LogP contribution in [0.3, 0.4) is 0 Å². The molecule has 2 aromatic carbocycles. The molecule has 0 aliphatic carbocycles. The van der Waals surface area contributed by atoms with E-state index in [0.29, 0.717) is 10.6 Å². The maximum Gasteiger partial charge on any atom is 0.266 e. The summed E-state index contributed by atoms with van der Waals surface area (Å²) in [6.45, 7) is 1.47. The van der Waals surface area contributed by atoms with Gasteiger partial charge in [0.2, 0.25) is 10.0 Å². The summed E-state index contributed by atoms with van der Waals surface area (Å²) >= 11 is 3.14. The summed E-state index contributed by atoms with van der Waals surface area (Å²) < 4.78 is 59.6.